The molecule has 0 radical (unpaired) electrons. The van der Waals surface area contributed by atoms with Gasteiger partial charge in [0.25, 0.3) is 5.91 Å². The summed E-state index contributed by atoms with van der Waals surface area (Å²) in [5.74, 6) is 0.768. The summed E-state index contributed by atoms with van der Waals surface area (Å²) in [5, 5.41) is 4.70. The van der Waals surface area contributed by atoms with E-state index in [4.69, 9.17) is 9.47 Å². The average Bonchev–Trinajstić information content (AvgIpc) is 3.26. The largest absolute Gasteiger partial charge is 0.493 e. The number of amides is 1. The number of carbonyl (C=O) groups is 2. The number of methoxy groups -OCH3 is 2. The molecule has 138 valence electrons. The molecule has 0 atom stereocenters. The third kappa shape index (κ3) is 4.17. The topological polar surface area (TPSA) is 64.6 Å². The van der Waals surface area contributed by atoms with E-state index < -0.39 is 0 Å². The van der Waals surface area contributed by atoms with Gasteiger partial charge in [-0.3, -0.25) is 9.59 Å². The maximum Gasteiger partial charge on any atom is 0.252 e. The molecule has 0 saturated carbocycles. The Morgan fingerprint density at radius 3 is 2.33 bits per heavy atom. The first-order valence-electron chi connectivity index (χ1n) is 8.30. The first-order chi connectivity index (χ1) is 13.1. The molecular weight excluding hydrogens is 362 g/mol. The van der Waals surface area contributed by atoms with Gasteiger partial charge in [-0.2, -0.15) is 0 Å². The van der Waals surface area contributed by atoms with Gasteiger partial charge in [0.1, 0.15) is 0 Å². The van der Waals surface area contributed by atoms with E-state index in [1.165, 1.54) is 11.3 Å². The summed E-state index contributed by atoms with van der Waals surface area (Å²) < 4.78 is 10.5. The molecule has 0 fully saturated rings. The van der Waals surface area contributed by atoms with Crippen molar-refractivity contribution in [3.05, 3.63) is 81.5 Å². The van der Waals surface area contributed by atoms with Crippen LogP contribution in [-0.2, 0) is 6.54 Å². The Bertz CT molecular complexity index is 951. The van der Waals surface area contributed by atoms with Crippen LogP contribution in [0.3, 0.4) is 0 Å². The molecule has 0 unspecified atom stereocenters. The summed E-state index contributed by atoms with van der Waals surface area (Å²) in [6.45, 7) is 0.306. The van der Waals surface area contributed by atoms with Gasteiger partial charge in [-0.25, -0.2) is 0 Å². The van der Waals surface area contributed by atoms with Gasteiger partial charge in [-0.05, 0) is 35.2 Å². The number of ether oxygens (including phenoxy) is 2. The molecule has 0 aliphatic heterocycles. The van der Waals surface area contributed by atoms with Crippen molar-refractivity contribution in [2.75, 3.05) is 14.2 Å². The number of hydrogen-bond acceptors (Lipinski definition) is 5. The SMILES string of the molecule is COc1ccc(CNC(=O)c2ccccc2C(=O)c2cccs2)cc1OC. The van der Waals surface area contributed by atoms with Gasteiger partial charge in [-0.15, -0.1) is 11.3 Å². The van der Waals surface area contributed by atoms with Gasteiger partial charge in [0.05, 0.1) is 24.7 Å². The lowest BCUT2D eigenvalue weighted by atomic mass is 10.0. The van der Waals surface area contributed by atoms with Crippen molar-refractivity contribution in [1.82, 2.24) is 5.32 Å². The van der Waals surface area contributed by atoms with Crippen LogP contribution in [0.15, 0.2) is 60.0 Å². The molecule has 3 aromatic rings. The number of ketones is 1. The van der Waals surface area contributed by atoms with E-state index in [0.29, 0.717) is 34.0 Å². The third-order valence-corrected chi connectivity index (χ3v) is 4.93. The normalized spacial score (nSPS) is 10.3. The van der Waals surface area contributed by atoms with Gasteiger partial charge in [-0.1, -0.05) is 30.3 Å². The zero-order valence-corrected chi connectivity index (χ0v) is 15.8. The Balaban J connectivity index is 1.77. The van der Waals surface area contributed by atoms with Gasteiger partial charge in [0.2, 0.25) is 5.78 Å². The minimum atomic E-state index is -0.301. The Morgan fingerprint density at radius 2 is 1.67 bits per heavy atom. The van der Waals surface area contributed by atoms with Crippen molar-refractivity contribution in [1.29, 1.82) is 0 Å². The maximum absolute atomic E-state index is 12.7. The van der Waals surface area contributed by atoms with Crippen LogP contribution in [0, 0.1) is 0 Å². The highest BCUT2D eigenvalue weighted by Crippen LogP contribution is 2.27. The number of rotatable bonds is 7. The molecule has 27 heavy (non-hydrogen) atoms. The molecule has 0 saturated heterocycles. The molecule has 0 aliphatic carbocycles. The molecule has 6 heteroatoms. The van der Waals surface area contributed by atoms with E-state index in [2.05, 4.69) is 5.32 Å². The zero-order valence-electron chi connectivity index (χ0n) is 15.0. The van der Waals surface area contributed by atoms with Gasteiger partial charge < -0.3 is 14.8 Å². The van der Waals surface area contributed by atoms with Crippen LogP contribution in [0.1, 0.15) is 31.2 Å². The van der Waals surface area contributed by atoms with E-state index in [1.807, 2.05) is 23.6 Å². The quantitative estimate of drug-likeness (QED) is 0.630. The molecule has 0 bridgehead atoms. The summed E-state index contributed by atoms with van der Waals surface area (Å²) in [6, 6.07) is 15.9. The molecule has 0 aliphatic rings. The van der Waals surface area contributed by atoms with E-state index in [9.17, 15) is 9.59 Å². The summed E-state index contributed by atoms with van der Waals surface area (Å²) >= 11 is 1.36. The highest BCUT2D eigenvalue weighted by molar-refractivity contribution is 7.12. The second-order valence-corrected chi connectivity index (χ2v) is 6.67. The predicted molar refractivity (Wildman–Crippen MR) is 105 cm³/mol. The van der Waals surface area contributed by atoms with Crippen LogP contribution in [-0.4, -0.2) is 25.9 Å². The minimum absolute atomic E-state index is 0.151. The summed E-state index contributed by atoms with van der Waals surface area (Å²) in [7, 11) is 3.13. The van der Waals surface area contributed by atoms with E-state index in [1.54, 1.807) is 50.6 Å². The molecule has 1 amide bonds. The predicted octanol–water partition coefficient (Wildman–Crippen LogP) is 3.93. The number of carbonyl (C=O) groups excluding carboxylic acids is 2. The molecule has 3 rings (SSSR count). The lowest BCUT2D eigenvalue weighted by Gasteiger charge is -2.11. The second-order valence-electron chi connectivity index (χ2n) is 5.72. The Labute approximate surface area is 161 Å². The smallest absolute Gasteiger partial charge is 0.252 e. The van der Waals surface area contributed by atoms with Crippen molar-refractivity contribution in [3.8, 4) is 11.5 Å². The van der Waals surface area contributed by atoms with E-state index in [-0.39, 0.29) is 11.7 Å². The van der Waals surface area contributed by atoms with Crippen LogP contribution in [0.2, 0.25) is 0 Å². The van der Waals surface area contributed by atoms with Crippen LogP contribution in [0.4, 0.5) is 0 Å². The minimum Gasteiger partial charge on any atom is -0.493 e. The zero-order chi connectivity index (χ0) is 19.2. The maximum atomic E-state index is 12.7. The average molecular weight is 381 g/mol. The second kappa shape index (κ2) is 8.51. The fourth-order valence-corrected chi connectivity index (χ4v) is 3.37. The number of hydrogen-bond donors (Lipinski definition) is 1. The van der Waals surface area contributed by atoms with Crippen molar-refractivity contribution < 1.29 is 19.1 Å². The third-order valence-electron chi connectivity index (χ3n) is 4.06. The lowest BCUT2D eigenvalue weighted by molar-refractivity contribution is 0.0940. The molecule has 2 aromatic carbocycles. The molecule has 1 N–H and O–H groups in total. The summed E-state index contributed by atoms with van der Waals surface area (Å²) in [4.78, 5) is 25.9. The fourth-order valence-electron chi connectivity index (χ4n) is 2.69. The Morgan fingerprint density at radius 1 is 0.926 bits per heavy atom. The van der Waals surface area contributed by atoms with Crippen molar-refractivity contribution >= 4 is 23.0 Å². The number of nitrogens with one attached hydrogen (secondary N) is 1. The Hall–Kier alpha value is -3.12. The molecule has 1 aromatic heterocycles. The fraction of sp³-hybridized carbons (Fsp3) is 0.143. The summed E-state index contributed by atoms with van der Waals surface area (Å²) in [5.41, 5.74) is 1.62. The highest BCUT2D eigenvalue weighted by Gasteiger charge is 2.18. The molecule has 5 nitrogen and oxygen atoms in total. The van der Waals surface area contributed by atoms with Gasteiger partial charge in [0.15, 0.2) is 11.5 Å². The standard InChI is InChI=1S/C21H19NO4S/c1-25-17-10-9-14(12-18(17)26-2)13-22-21(24)16-7-4-3-6-15(16)20(23)19-8-5-11-27-19/h3-12H,13H2,1-2H3,(H,22,24). The van der Waals surface area contributed by atoms with Crippen LogP contribution < -0.4 is 14.8 Å². The molecule has 1 heterocycles. The van der Waals surface area contributed by atoms with E-state index >= 15 is 0 Å². The van der Waals surface area contributed by atoms with Crippen LogP contribution in [0.5, 0.6) is 11.5 Å². The highest BCUT2D eigenvalue weighted by atomic mass is 32.1. The first kappa shape index (κ1) is 18.7. The van der Waals surface area contributed by atoms with Gasteiger partial charge >= 0.3 is 0 Å². The molecular formula is C21H19NO4S. The Kier molecular flexibility index (Phi) is 5.88. The van der Waals surface area contributed by atoms with Crippen LogP contribution in [0.25, 0.3) is 0 Å². The lowest BCUT2D eigenvalue weighted by Crippen LogP contribution is -2.25. The van der Waals surface area contributed by atoms with Gasteiger partial charge in [0, 0.05) is 12.1 Å². The molecule has 0 spiro atoms. The van der Waals surface area contributed by atoms with Crippen molar-refractivity contribution in [3.63, 3.8) is 0 Å². The number of benzene rings is 2. The first-order valence-corrected chi connectivity index (χ1v) is 9.18. The monoisotopic (exact) mass is 381 g/mol. The van der Waals surface area contributed by atoms with E-state index in [0.717, 1.165) is 5.56 Å². The van der Waals surface area contributed by atoms with Crippen LogP contribution >= 0.6 is 11.3 Å². The summed E-state index contributed by atoms with van der Waals surface area (Å²) in [6.07, 6.45) is 0. The number of thiophene rings is 1. The van der Waals surface area contributed by atoms with Crippen molar-refractivity contribution in [2.45, 2.75) is 6.54 Å². The van der Waals surface area contributed by atoms with Crippen molar-refractivity contribution in [2.24, 2.45) is 0 Å².